The van der Waals surface area contributed by atoms with Gasteiger partial charge >= 0.3 is 6.09 Å². The highest BCUT2D eigenvalue weighted by molar-refractivity contribution is 5.85. The van der Waals surface area contributed by atoms with E-state index in [4.69, 9.17) is 9.84 Å². The minimum absolute atomic E-state index is 0.0355. The molecular formula is C14H16N2O3. The lowest BCUT2D eigenvalue weighted by molar-refractivity contribution is 0.123. The van der Waals surface area contributed by atoms with E-state index in [9.17, 15) is 4.79 Å². The first kappa shape index (κ1) is 11.9. The largest absolute Gasteiger partial charge is 0.491 e. The Bertz CT molecular complexity index is 593. The minimum atomic E-state index is -0.856. The van der Waals surface area contributed by atoms with Crippen LogP contribution in [0.25, 0.3) is 10.9 Å². The number of amides is 1. The van der Waals surface area contributed by atoms with Crippen LogP contribution < -0.4 is 4.74 Å². The summed E-state index contributed by atoms with van der Waals surface area (Å²) >= 11 is 0. The van der Waals surface area contributed by atoms with E-state index >= 15 is 0 Å². The zero-order chi connectivity index (χ0) is 13.2. The molecule has 1 aliphatic rings. The number of nitrogens with zero attached hydrogens (tertiary/aromatic N) is 1. The maximum absolute atomic E-state index is 11.1. The summed E-state index contributed by atoms with van der Waals surface area (Å²) in [5.41, 5.74) is 1.03. The first-order chi connectivity index (χ1) is 9.25. The normalized spacial score (nSPS) is 18.9. The van der Waals surface area contributed by atoms with Gasteiger partial charge in [0, 0.05) is 23.6 Å². The predicted octanol–water partition coefficient (Wildman–Crippen LogP) is 2.69. The Balaban J connectivity index is 1.72. The average molecular weight is 260 g/mol. The fourth-order valence-corrected chi connectivity index (χ4v) is 2.63. The van der Waals surface area contributed by atoms with Crippen molar-refractivity contribution in [3.05, 3.63) is 30.5 Å². The van der Waals surface area contributed by atoms with Crippen molar-refractivity contribution in [2.45, 2.75) is 18.9 Å². The lowest BCUT2D eigenvalue weighted by Gasteiger charge is -2.21. The number of aromatic nitrogens is 1. The van der Waals surface area contributed by atoms with Crippen molar-refractivity contribution in [1.29, 1.82) is 0 Å². The van der Waals surface area contributed by atoms with Crippen LogP contribution in [0.1, 0.15) is 12.8 Å². The fourth-order valence-electron chi connectivity index (χ4n) is 2.63. The van der Waals surface area contributed by atoms with E-state index in [0.29, 0.717) is 13.2 Å². The summed E-state index contributed by atoms with van der Waals surface area (Å²) in [6.07, 6.45) is 2.80. The maximum atomic E-state index is 11.1. The predicted molar refractivity (Wildman–Crippen MR) is 71.5 cm³/mol. The summed E-state index contributed by atoms with van der Waals surface area (Å²) in [7, 11) is 0. The van der Waals surface area contributed by atoms with E-state index in [2.05, 4.69) is 4.98 Å². The molecule has 2 aromatic rings. The number of ether oxygens (including phenoxy) is 1. The molecule has 3 rings (SSSR count). The summed E-state index contributed by atoms with van der Waals surface area (Å²) in [5.74, 6) is 0.802. The van der Waals surface area contributed by atoms with Gasteiger partial charge in [0.1, 0.15) is 12.4 Å². The van der Waals surface area contributed by atoms with Crippen molar-refractivity contribution in [2.24, 2.45) is 0 Å². The quantitative estimate of drug-likeness (QED) is 0.891. The summed E-state index contributed by atoms with van der Waals surface area (Å²) in [4.78, 5) is 15.7. The highest BCUT2D eigenvalue weighted by atomic mass is 16.5. The molecule has 2 N–H and O–H groups in total. The van der Waals surface area contributed by atoms with Crippen LogP contribution in [0.5, 0.6) is 5.75 Å². The number of hydrogen-bond acceptors (Lipinski definition) is 2. The topological polar surface area (TPSA) is 65.6 Å². The van der Waals surface area contributed by atoms with Crippen LogP contribution in [0.4, 0.5) is 4.79 Å². The number of carbonyl (C=O) groups is 1. The molecule has 1 aromatic carbocycles. The Kier molecular flexibility index (Phi) is 3.03. The molecule has 100 valence electrons. The number of nitrogens with one attached hydrogen (secondary N) is 1. The summed E-state index contributed by atoms with van der Waals surface area (Å²) < 4.78 is 5.82. The van der Waals surface area contributed by atoms with Gasteiger partial charge in [0.05, 0.1) is 6.04 Å². The highest BCUT2D eigenvalue weighted by Crippen LogP contribution is 2.26. The monoisotopic (exact) mass is 260 g/mol. The molecule has 1 amide bonds. The zero-order valence-electron chi connectivity index (χ0n) is 10.5. The van der Waals surface area contributed by atoms with Crippen LogP contribution in [0.2, 0.25) is 0 Å². The molecule has 1 aromatic heterocycles. The number of aromatic amines is 1. The van der Waals surface area contributed by atoms with Gasteiger partial charge in [0.25, 0.3) is 0 Å². The Labute approximate surface area is 110 Å². The lowest BCUT2D eigenvalue weighted by Crippen LogP contribution is -2.38. The van der Waals surface area contributed by atoms with Gasteiger partial charge in [-0.1, -0.05) is 6.07 Å². The minimum Gasteiger partial charge on any atom is -0.491 e. The Morgan fingerprint density at radius 1 is 1.47 bits per heavy atom. The molecule has 0 bridgehead atoms. The van der Waals surface area contributed by atoms with Gasteiger partial charge in [0.2, 0.25) is 0 Å². The lowest BCUT2D eigenvalue weighted by atomic mass is 10.2. The number of rotatable bonds is 3. The zero-order valence-corrected chi connectivity index (χ0v) is 10.5. The molecule has 0 saturated carbocycles. The number of hydrogen-bond donors (Lipinski definition) is 2. The van der Waals surface area contributed by atoms with Gasteiger partial charge in [-0.15, -0.1) is 0 Å². The maximum Gasteiger partial charge on any atom is 0.407 e. The van der Waals surface area contributed by atoms with E-state index < -0.39 is 6.09 Å². The smallest absolute Gasteiger partial charge is 0.407 e. The number of benzene rings is 1. The Morgan fingerprint density at radius 2 is 2.37 bits per heavy atom. The van der Waals surface area contributed by atoms with Gasteiger partial charge in [-0.05, 0) is 31.0 Å². The number of H-pyrrole nitrogens is 1. The third kappa shape index (κ3) is 2.23. The molecule has 1 atom stereocenters. The molecule has 1 saturated heterocycles. The van der Waals surface area contributed by atoms with Gasteiger partial charge in [0.15, 0.2) is 0 Å². The molecule has 1 fully saturated rings. The molecule has 19 heavy (non-hydrogen) atoms. The summed E-state index contributed by atoms with van der Waals surface area (Å²) in [6, 6.07) is 7.76. The van der Waals surface area contributed by atoms with E-state index in [-0.39, 0.29) is 6.04 Å². The van der Waals surface area contributed by atoms with Crippen LogP contribution in [0, 0.1) is 0 Å². The average Bonchev–Trinajstić information content (AvgIpc) is 3.04. The van der Waals surface area contributed by atoms with Crippen molar-refractivity contribution < 1.29 is 14.6 Å². The van der Waals surface area contributed by atoms with Gasteiger partial charge in [-0.3, -0.25) is 0 Å². The van der Waals surface area contributed by atoms with Crippen LogP contribution in [-0.4, -0.2) is 40.3 Å². The molecule has 2 heterocycles. The molecule has 5 nitrogen and oxygen atoms in total. The van der Waals surface area contributed by atoms with Crippen LogP contribution in [0.3, 0.4) is 0 Å². The van der Waals surface area contributed by atoms with Crippen LogP contribution in [0.15, 0.2) is 30.5 Å². The third-order valence-corrected chi connectivity index (χ3v) is 3.61. The van der Waals surface area contributed by atoms with Gasteiger partial charge in [-0.2, -0.15) is 0 Å². The molecule has 5 heteroatoms. The van der Waals surface area contributed by atoms with Gasteiger partial charge in [-0.25, -0.2) is 4.79 Å². The first-order valence-corrected chi connectivity index (χ1v) is 6.44. The van der Waals surface area contributed by atoms with Crippen molar-refractivity contribution in [2.75, 3.05) is 13.2 Å². The highest BCUT2D eigenvalue weighted by Gasteiger charge is 2.28. The standard InChI is InChI=1S/C14H16N2O3/c17-14(18)16-8-2-3-10(16)9-19-13-5-1-4-12-11(13)6-7-15-12/h1,4-7,10,15H,2-3,8-9H2,(H,17,18)/t10-/m0/s1. The fraction of sp³-hybridized carbons (Fsp3) is 0.357. The van der Waals surface area contributed by atoms with E-state index in [1.54, 1.807) is 0 Å². The molecule has 1 aliphatic heterocycles. The molecule has 0 radical (unpaired) electrons. The molecule has 0 aliphatic carbocycles. The molecule has 0 unspecified atom stereocenters. The second-order valence-electron chi connectivity index (χ2n) is 4.78. The van der Waals surface area contributed by atoms with E-state index in [0.717, 1.165) is 29.5 Å². The van der Waals surface area contributed by atoms with Crippen LogP contribution in [-0.2, 0) is 0 Å². The van der Waals surface area contributed by atoms with Crippen LogP contribution >= 0.6 is 0 Å². The SMILES string of the molecule is O=C(O)N1CCC[C@H]1COc1cccc2[nH]ccc12. The Hall–Kier alpha value is -2.17. The molecule has 0 spiro atoms. The van der Waals surface area contributed by atoms with Crippen molar-refractivity contribution >= 4 is 17.0 Å². The number of fused-ring (bicyclic) bond motifs is 1. The number of likely N-dealkylation sites (tertiary alicyclic amines) is 1. The Morgan fingerprint density at radius 3 is 3.21 bits per heavy atom. The van der Waals surface area contributed by atoms with Crippen molar-refractivity contribution in [1.82, 2.24) is 9.88 Å². The van der Waals surface area contributed by atoms with E-state index in [1.165, 1.54) is 4.90 Å². The molecular weight excluding hydrogens is 244 g/mol. The summed E-state index contributed by atoms with van der Waals surface area (Å²) in [6.45, 7) is 1.02. The summed E-state index contributed by atoms with van der Waals surface area (Å²) in [5, 5.41) is 10.1. The van der Waals surface area contributed by atoms with Gasteiger partial charge < -0.3 is 19.7 Å². The third-order valence-electron chi connectivity index (χ3n) is 3.61. The van der Waals surface area contributed by atoms with Crippen molar-refractivity contribution in [3.8, 4) is 5.75 Å². The second kappa shape index (κ2) is 4.84. The first-order valence-electron chi connectivity index (χ1n) is 6.44. The van der Waals surface area contributed by atoms with Crippen molar-refractivity contribution in [3.63, 3.8) is 0 Å². The second-order valence-corrected chi connectivity index (χ2v) is 4.78. The number of carboxylic acid groups (broad SMARTS) is 1. The van der Waals surface area contributed by atoms with E-state index in [1.807, 2.05) is 30.5 Å².